The average Bonchev–Trinajstić information content (AvgIpc) is 2.40. The number of hydrogen-bond acceptors (Lipinski definition) is 5. The molecule has 5 nitrogen and oxygen atoms in total. The smallest absolute Gasteiger partial charge is 0.433 e. The fourth-order valence-corrected chi connectivity index (χ4v) is 1.64. The van der Waals surface area contributed by atoms with Gasteiger partial charge in [0, 0.05) is 13.1 Å². The highest BCUT2D eigenvalue weighted by molar-refractivity contribution is 5.85. The lowest BCUT2D eigenvalue weighted by molar-refractivity contribution is 0.0429. The van der Waals surface area contributed by atoms with E-state index in [0.29, 0.717) is 13.2 Å². The van der Waals surface area contributed by atoms with Crippen LogP contribution in [0.15, 0.2) is 0 Å². The molecule has 0 aromatic carbocycles. The molecule has 0 N–H and O–H groups in total. The number of rotatable bonds is 10. The summed E-state index contributed by atoms with van der Waals surface area (Å²) in [5.41, 5.74) is 0. The molecule has 0 bridgehead atoms. The number of nitrogens with zero attached hydrogens (tertiary/aromatic N) is 2. The molecule has 0 heterocycles. The molecule has 0 fully saturated rings. The van der Waals surface area contributed by atoms with Crippen LogP contribution >= 0.6 is 24.8 Å². The first-order valence-electron chi connectivity index (χ1n) is 6.92. The van der Waals surface area contributed by atoms with Gasteiger partial charge in [0.1, 0.15) is 13.2 Å². The zero-order valence-electron chi connectivity index (χ0n) is 13.1. The number of carbonyl (C=O) groups excluding carboxylic acids is 1. The van der Waals surface area contributed by atoms with Gasteiger partial charge in [-0.2, -0.15) is 0 Å². The van der Waals surface area contributed by atoms with Crippen LogP contribution in [0.1, 0.15) is 27.7 Å². The van der Waals surface area contributed by atoms with Crippen molar-refractivity contribution < 1.29 is 14.3 Å². The Labute approximate surface area is 135 Å². The molecule has 20 heavy (non-hydrogen) atoms. The van der Waals surface area contributed by atoms with Gasteiger partial charge in [0.05, 0.1) is 0 Å². The van der Waals surface area contributed by atoms with Crippen LogP contribution in [-0.2, 0) is 9.47 Å². The SMILES string of the molecule is CCN(CC)CCOC(=O)OCCN(CC)CC.Cl.Cl. The fourth-order valence-electron chi connectivity index (χ4n) is 1.64. The van der Waals surface area contributed by atoms with Gasteiger partial charge in [-0.15, -0.1) is 24.8 Å². The summed E-state index contributed by atoms with van der Waals surface area (Å²) < 4.78 is 10.0. The topological polar surface area (TPSA) is 42.0 Å². The molecule has 0 aliphatic rings. The van der Waals surface area contributed by atoms with Gasteiger partial charge in [0.25, 0.3) is 0 Å². The Balaban J connectivity index is -0.00000144. The second-order valence-corrected chi connectivity index (χ2v) is 4.00. The molecule has 0 aromatic heterocycles. The van der Waals surface area contributed by atoms with Crippen molar-refractivity contribution >= 4 is 31.0 Å². The monoisotopic (exact) mass is 332 g/mol. The predicted molar refractivity (Wildman–Crippen MR) is 87.4 cm³/mol. The van der Waals surface area contributed by atoms with Crippen LogP contribution in [-0.4, -0.2) is 68.4 Å². The van der Waals surface area contributed by atoms with E-state index in [9.17, 15) is 4.79 Å². The molecule has 124 valence electrons. The maximum atomic E-state index is 11.3. The summed E-state index contributed by atoms with van der Waals surface area (Å²) in [6, 6.07) is 0. The van der Waals surface area contributed by atoms with Crippen LogP contribution in [0.5, 0.6) is 0 Å². The van der Waals surface area contributed by atoms with Crippen molar-refractivity contribution in [2.75, 3.05) is 52.5 Å². The molecular formula is C13H30Cl2N2O3. The molecule has 0 aromatic rings. The second kappa shape index (κ2) is 16.8. The third-order valence-corrected chi connectivity index (χ3v) is 3.04. The summed E-state index contributed by atoms with van der Waals surface area (Å²) in [5, 5.41) is 0. The van der Waals surface area contributed by atoms with Crippen LogP contribution < -0.4 is 0 Å². The molecule has 0 unspecified atom stereocenters. The van der Waals surface area contributed by atoms with Gasteiger partial charge in [0.15, 0.2) is 0 Å². The molecular weight excluding hydrogens is 303 g/mol. The van der Waals surface area contributed by atoms with Gasteiger partial charge in [-0.05, 0) is 26.2 Å². The van der Waals surface area contributed by atoms with Crippen molar-refractivity contribution in [1.29, 1.82) is 0 Å². The summed E-state index contributed by atoms with van der Waals surface area (Å²) in [6.45, 7) is 14.5. The van der Waals surface area contributed by atoms with Gasteiger partial charge < -0.3 is 19.3 Å². The largest absolute Gasteiger partial charge is 0.508 e. The normalized spacial score (nSPS) is 9.90. The molecule has 0 rings (SSSR count). The number of hydrogen-bond donors (Lipinski definition) is 0. The Hall–Kier alpha value is -0.230. The Bertz CT molecular complexity index is 194. The summed E-state index contributed by atoms with van der Waals surface area (Å²) in [5.74, 6) is 0. The quantitative estimate of drug-likeness (QED) is 0.575. The minimum Gasteiger partial charge on any atom is -0.433 e. The van der Waals surface area contributed by atoms with E-state index in [1.807, 2.05) is 0 Å². The van der Waals surface area contributed by atoms with Gasteiger partial charge >= 0.3 is 6.16 Å². The Kier molecular flexibility index (Phi) is 20.8. The Morgan fingerprint density at radius 1 is 0.750 bits per heavy atom. The molecule has 7 heteroatoms. The van der Waals surface area contributed by atoms with E-state index in [-0.39, 0.29) is 24.8 Å². The first-order valence-corrected chi connectivity index (χ1v) is 6.92. The maximum absolute atomic E-state index is 11.3. The maximum Gasteiger partial charge on any atom is 0.508 e. The predicted octanol–water partition coefficient (Wildman–Crippen LogP) is 2.67. The molecule has 0 aliphatic carbocycles. The summed E-state index contributed by atoms with van der Waals surface area (Å²) >= 11 is 0. The van der Waals surface area contributed by atoms with E-state index >= 15 is 0 Å². The van der Waals surface area contributed by atoms with E-state index in [1.165, 1.54) is 0 Å². The van der Waals surface area contributed by atoms with Gasteiger partial charge in [-0.25, -0.2) is 4.79 Å². The van der Waals surface area contributed by atoms with Crippen LogP contribution in [0.25, 0.3) is 0 Å². The lowest BCUT2D eigenvalue weighted by atomic mass is 10.5. The minimum atomic E-state index is -0.561. The summed E-state index contributed by atoms with van der Waals surface area (Å²) in [6.07, 6.45) is -0.561. The zero-order valence-corrected chi connectivity index (χ0v) is 14.7. The molecule has 0 spiro atoms. The molecule has 0 aliphatic heterocycles. The van der Waals surface area contributed by atoms with E-state index in [0.717, 1.165) is 39.3 Å². The lowest BCUT2D eigenvalue weighted by Crippen LogP contribution is -2.29. The number of ether oxygens (including phenoxy) is 2. The van der Waals surface area contributed by atoms with Crippen LogP contribution in [0.2, 0.25) is 0 Å². The van der Waals surface area contributed by atoms with Crippen molar-refractivity contribution in [1.82, 2.24) is 9.80 Å². The van der Waals surface area contributed by atoms with Crippen LogP contribution in [0.4, 0.5) is 4.79 Å². The van der Waals surface area contributed by atoms with Crippen molar-refractivity contribution in [2.45, 2.75) is 27.7 Å². The van der Waals surface area contributed by atoms with Crippen LogP contribution in [0, 0.1) is 0 Å². The second-order valence-electron chi connectivity index (χ2n) is 4.00. The Morgan fingerprint density at radius 2 is 1.05 bits per heavy atom. The highest BCUT2D eigenvalue weighted by Crippen LogP contribution is 1.92. The first-order chi connectivity index (χ1) is 8.67. The minimum absolute atomic E-state index is 0. The van der Waals surface area contributed by atoms with Crippen molar-refractivity contribution in [3.8, 4) is 0 Å². The fraction of sp³-hybridized carbons (Fsp3) is 0.923. The van der Waals surface area contributed by atoms with Crippen molar-refractivity contribution in [3.63, 3.8) is 0 Å². The number of carbonyl (C=O) groups is 1. The van der Waals surface area contributed by atoms with E-state index in [1.54, 1.807) is 0 Å². The molecule has 0 saturated heterocycles. The van der Waals surface area contributed by atoms with Gasteiger partial charge in [-0.1, -0.05) is 27.7 Å². The Morgan fingerprint density at radius 3 is 1.30 bits per heavy atom. The first kappa shape index (κ1) is 24.8. The standard InChI is InChI=1S/C13H28N2O3.2ClH/c1-5-14(6-2)9-11-17-13(16)18-12-10-15(7-3)8-4;;/h5-12H2,1-4H3;2*1H. The molecule has 0 radical (unpaired) electrons. The highest BCUT2D eigenvalue weighted by Gasteiger charge is 2.06. The number of likely N-dealkylation sites (N-methyl/N-ethyl adjacent to an activating group) is 2. The molecule has 0 saturated carbocycles. The van der Waals surface area contributed by atoms with E-state index < -0.39 is 6.16 Å². The third-order valence-electron chi connectivity index (χ3n) is 3.04. The average molecular weight is 333 g/mol. The van der Waals surface area contributed by atoms with Crippen LogP contribution in [0.3, 0.4) is 0 Å². The number of halogens is 2. The van der Waals surface area contributed by atoms with E-state index in [2.05, 4.69) is 37.5 Å². The van der Waals surface area contributed by atoms with Crippen molar-refractivity contribution in [2.24, 2.45) is 0 Å². The van der Waals surface area contributed by atoms with Crippen molar-refractivity contribution in [3.05, 3.63) is 0 Å². The lowest BCUT2D eigenvalue weighted by Gasteiger charge is -2.18. The van der Waals surface area contributed by atoms with Gasteiger partial charge in [-0.3, -0.25) is 0 Å². The van der Waals surface area contributed by atoms with Gasteiger partial charge in [0.2, 0.25) is 0 Å². The van der Waals surface area contributed by atoms with E-state index in [4.69, 9.17) is 9.47 Å². The summed E-state index contributed by atoms with van der Waals surface area (Å²) in [4.78, 5) is 15.7. The molecule has 0 amide bonds. The zero-order chi connectivity index (χ0) is 13.8. The third kappa shape index (κ3) is 12.8. The molecule has 0 atom stereocenters. The highest BCUT2D eigenvalue weighted by atomic mass is 35.5. The summed E-state index contributed by atoms with van der Waals surface area (Å²) in [7, 11) is 0.